The van der Waals surface area contributed by atoms with Crippen LogP contribution in [0.1, 0.15) is 18.5 Å². The van der Waals surface area contributed by atoms with Crippen LogP contribution in [0, 0.1) is 0 Å². The van der Waals surface area contributed by atoms with E-state index in [1.807, 2.05) is 43.3 Å². The monoisotopic (exact) mass is 323 g/mol. The molecular formula is C17H17N5O2. The molecule has 0 spiro atoms. The van der Waals surface area contributed by atoms with Crippen molar-refractivity contribution in [3.05, 3.63) is 76.7 Å². The normalized spacial score (nSPS) is 11.9. The van der Waals surface area contributed by atoms with Crippen molar-refractivity contribution >= 4 is 5.91 Å². The lowest BCUT2D eigenvalue weighted by Crippen LogP contribution is -2.34. The molecule has 0 aliphatic rings. The minimum absolute atomic E-state index is 0.154. The molecule has 7 nitrogen and oxygen atoms in total. The van der Waals surface area contributed by atoms with Crippen LogP contribution < -0.4 is 11.0 Å². The van der Waals surface area contributed by atoms with Gasteiger partial charge in [0.15, 0.2) is 0 Å². The molecule has 1 amide bonds. The van der Waals surface area contributed by atoms with Crippen molar-refractivity contribution in [1.82, 2.24) is 25.1 Å². The number of rotatable bonds is 5. The van der Waals surface area contributed by atoms with Crippen LogP contribution in [0.15, 0.2) is 65.5 Å². The first-order valence-electron chi connectivity index (χ1n) is 7.57. The summed E-state index contributed by atoms with van der Waals surface area (Å²) in [7, 11) is 0. The fourth-order valence-corrected chi connectivity index (χ4v) is 2.35. The van der Waals surface area contributed by atoms with Gasteiger partial charge in [-0.2, -0.15) is 9.36 Å². The molecule has 3 rings (SSSR count). The van der Waals surface area contributed by atoms with Gasteiger partial charge in [-0.1, -0.05) is 48.5 Å². The Morgan fingerprint density at radius 2 is 1.67 bits per heavy atom. The highest BCUT2D eigenvalue weighted by Gasteiger charge is 2.14. The van der Waals surface area contributed by atoms with E-state index in [9.17, 15) is 9.59 Å². The number of nitrogens with zero attached hydrogens (tertiary/aromatic N) is 4. The summed E-state index contributed by atoms with van der Waals surface area (Å²) in [6, 6.07) is 18.4. The van der Waals surface area contributed by atoms with Gasteiger partial charge in [0, 0.05) is 0 Å². The van der Waals surface area contributed by atoms with Gasteiger partial charge in [-0.15, -0.1) is 0 Å². The van der Waals surface area contributed by atoms with Gasteiger partial charge >= 0.3 is 5.69 Å². The number of amides is 1. The lowest BCUT2D eigenvalue weighted by Gasteiger charge is -2.13. The third-order valence-corrected chi connectivity index (χ3v) is 3.61. The zero-order valence-corrected chi connectivity index (χ0v) is 13.2. The van der Waals surface area contributed by atoms with E-state index in [0.717, 1.165) is 14.9 Å². The van der Waals surface area contributed by atoms with Gasteiger partial charge in [0.25, 0.3) is 0 Å². The topological polar surface area (TPSA) is 81.8 Å². The third kappa shape index (κ3) is 3.40. The first-order valence-corrected chi connectivity index (χ1v) is 7.57. The molecule has 122 valence electrons. The van der Waals surface area contributed by atoms with Crippen LogP contribution in [-0.2, 0) is 11.3 Å². The Balaban J connectivity index is 1.70. The number of hydrogen-bond acceptors (Lipinski definition) is 4. The number of tetrazole rings is 1. The molecule has 24 heavy (non-hydrogen) atoms. The molecule has 0 fully saturated rings. The number of aromatic nitrogens is 4. The molecule has 0 bridgehead atoms. The van der Waals surface area contributed by atoms with E-state index in [-0.39, 0.29) is 18.5 Å². The Morgan fingerprint density at radius 3 is 2.33 bits per heavy atom. The van der Waals surface area contributed by atoms with E-state index in [1.54, 1.807) is 24.3 Å². The minimum Gasteiger partial charge on any atom is -0.348 e. The zero-order chi connectivity index (χ0) is 16.9. The Kier molecular flexibility index (Phi) is 4.51. The van der Waals surface area contributed by atoms with Crippen molar-refractivity contribution in [1.29, 1.82) is 0 Å². The predicted molar refractivity (Wildman–Crippen MR) is 88.6 cm³/mol. The van der Waals surface area contributed by atoms with E-state index < -0.39 is 5.69 Å². The number of carbonyl (C=O) groups excluding carboxylic acids is 1. The van der Waals surface area contributed by atoms with Crippen LogP contribution in [0.3, 0.4) is 0 Å². The van der Waals surface area contributed by atoms with Gasteiger partial charge in [-0.3, -0.25) is 4.79 Å². The second-order valence-corrected chi connectivity index (χ2v) is 5.37. The maximum atomic E-state index is 12.3. The highest BCUT2D eigenvalue weighted by atomic mass is 16.2. The van der Waals surface area contributed by atoms with Gasteiger partial charge in [-0.25, -0.2) is 4.79 Å². The molecule has 0 aliphatic heterocycles. The highest BCUT2D eigenvalue weighted by Crippen LogP contribution is 2.10. The lowest BCUT2D eigenvalue weighted by molar-refractivity contribution is -0.122. The number of benzene rings is 2. The van der Waals surface area contributed by atoms with Gasteiger partial charge in [-0.05, 0) is 35.0 Å². The van der Waals surface area contributed by atoms with Crippen LogP contribution in [0.4, 0.5) is 0 Å². The van der Waals surface area contributed by atoms with Crippen molar-refractivity contribution in [2.24, 2.45) is 0 Å². The number of hydrogen-bond donors (Lipinski definition) is 1. The summed E-state index contributed by atoms with van der Waals surface area (Å²) in [5.41, 5.74) is 1.14. The lowest BCUT2D eigenvalue weighted by atomic mass is 10.1. The standard InChI is InChI=1S/C17H17N5O2/c1-13(14-8-4-2-5-9-14)18-16(23)12-21-17(24)22(20-19-21)15-10-6-3-7-11-15/h2-11,13H,12H2,1H3,(H,18,23)/t13-/m0/s1. The minimum atomic E-state index is -0.455. The maximum absolute atomic E-state index is 12.3. The molecule has 0 radical (unpaired) electrons. The molecular weight excluding hydrogens is 306 g/mol. The van der Waals surface area contributed by atoms with Crippen molar-refractivity contribution in [2.45, 2.75) is 19.5 Å². The van der Waals surface area contributed by atoms with Gasteiger partial charge in [0.2, 0.25) is 5.91 Å². The Bertz CT molecular complexity index is 871. The van der Waals surface area contributed by atoms with Crippen LogP contribution in [0.2, 0.25) is 0 Å². The summed E-state index contributed by atoms with van der Waals surface area (Å²) in [6.45, 7) is 1.71. The molecule has 1 aromatic heterocycles. The first kappa shape index (κ1) is 15.7. The molecule has 0 aliphatic carbocycles. The molecule has 0 unspecified atom stereocenters. The number of nitrogens with one attached hydrogen (secondary N) is 1. The van der Waals surface area contributed by atoms with Crippen LogP contribution in [-0.4, -0.2) is 25.7 Å². The van der Waals surface area contributed by atoms with Crippen LogP contribution in [0.25, 0.3) is 5.69 Å². The second kappa shape index (κ2) is 6.91. The van der Waals surface area contributed by atoms with E-state index in [4.69, 9.17) is 0 Å². The molecule has 0 saturated heterocycles. The van der Waals surface area contributed by atoms with E-state index >= 15 is 0 Å². The summed E-state index contributed by atoms with van der Waals surface area (Å²) in [5, 5.41) is 10.4. The summed E-state index contributed by atoms with van der Waals surface area (Å²) < 4.78 is 2.20. The SMILES string of the molecule is C[C@H](NC(=O)Cn1nnn(-c2ccccc2)c1=O)c1ccccc1. The summed E-state index contributed by atoms with van der Waals surface area (Å²) in [6.07, 6.45) is 0. The third-order valence-electron chi connectivity index (χ3n) is 3.61. The van der Waals surface area contributed by atoms with Crippen molar-refractivity contribution in [3.8, 4) is 5.69 Å². The average Bonchev–Trinajstić information content (AvgIpc) is 2.97. The molecule has 0 saturated carbocycles. The van der Waals surface area contributed by atoms with E-state index in [0.29, 0.717) is 5.69 Å². The zero-order valence-electron chi connectivity index (χ0n) is 13.2. The quantitative estimate of drug-likeness (QED) is 0.767. The summed E-state index contributed by atoms with van der Waals surface area (Å²) in [4.78, 5) is 24.4. The smallest absolute Gasteiger partial charge is 0.348 e. The number of para-hydroxylation sites is 1. The molecule has 1 heterocycles. The van der Waals surface area contributed by atoms with Gasteiger partial charge < -0.3 is 5.32 Å². The van der Waals surface area contributed by atoms with E-state index in [2.05, 4.69) is 15.7 Å². The van der Waals surface area contributed by atoms with Crippen LogP contribution >= 0.6 is 0 Å². The van der Waals surface area contributed by atoms with Gasteiger partial charge in [0.1, 0.15) is 6.54 Å². The summed E-state index contributed by atoms with van der Waals surface area (Å²) >= 11 is 0. The van der Waals surface area contributed by atoms with Gasteiger partial charge in [0.05, 0.1) is 11.7 Å². The Hall–Kier alpha value is -3.22. The first-order chi connectivity index (χ1) is 11.6. The molecule has 7 heteroatoms. The molecule has 3 aromatic rings. The largest absolute Gasteiger partial charge is 0.368 e. The molecule has 1 N–H and O–H groups in total. The fraction of sp³-hybridized carbons (Fsp3) is 0.176. The Morgan fingerprint density at radius 1 is 1.04 bits per heavy atom. The average molecular weight is 323 g/mol. The van der Waals surface area contributed by atoms with Crippen molar-refractivity contribution in [2.75, 3.05) is 0 Å². The van der Waals surface area contributed by atoms with Crippen molar-refractivity contribution < 1.29 is 4.79 Å². The number of carbonyl (C=O) groups is 1. The fourth-order valence-electron chi connectivity index (χ4n) is 2.35. The molecule has 2 aromatic carbocycles. The second-order valence-electron chi connectivity index (χ2n) is 5.37. The highest BCUT2D eigenvalue weighted by molar-refractivity contribution is 5.76. The van der Waals surface area contributed by atoms with E-state index in [1.165, 1.54) is 0 Å². The maximum Gasteiger partial charge on any atom is 0.368 e. The molecule has 1 atom stereocenters. The van der Waals surface area contributed by atoms with Crippen molar-refractivity contribution in [3.63, 3.8) is 0 Å². The van der Waals surface area contributed by atoms with Crippen LogP contribution in [0.5, 0.6) is 0 Å². The predicted octanol–water partition coefficient (Wildman–Crippen LogP) is 1.31. The Labute approximate surface area is 138 Å². The summed E-state index contributed by atoms with van der Waals surface area (Å²) in [5.74, 6) is -0.298.